The molecular weight excluding hydrogens is 252 g/mol. The van der Waals surface area contributed by atoms with Crippen molar-refractivity contribution in [2.45, 2.75) is 38.3 Å². The lowest BCUT2D eigenvalue weighted by molar-refractivity contribution is -0.138. The summed E-state index contributed by atoms with van der Waals surface area (Å²) in [5.74, 6) is -0.807. The highest BCUT2D eigenvalue weighted by Crippen LogP contribution is 2.24. The molecule has 1 fully saturated rings. The molecule has 5 heteroatoms. The van der Waals surface area contributed by atoms with Crippen LogP contribution in [-0.2, 0) is 11.3 Å². The van der Waals surface area contributed by atoms with Crippen LogP contribution >= 0.6 is 0 Å². The van der Waals surface area contributed by atoms with Gasteiger partial charge in [0.15, 0.2) is 0 Å². The molecular formula is C14H17F2NO2. The van der Waals surface area contributed by atoms with Crippen LogP contribution in [0.25, 0.3) is 0 Å². The van der Waals surface area contributed by atoms with Crippen LogP contribution in [0.2, 0.25) is 0 Å². The van der Waals surface area contributed by atoms with Crippen LogP contribution in [0.5, 0.6) is 0 Å². The fraction of sp³-hybridized carbons (Fsp3) is 0.500. The van der Waals surface area contributed by atoms with Crippen molar-refractivity contribution in [1.82, 2.24) is 4.90 Å². The molecule has 2 rings (SSSR count). The van der Waals surface area contributed by atoms with Crippen molar-refractivity contribution in [3.05, 3.63) is 35.4 Å². The quantitative estimate of drug-likeness (QED) is 0.893. The molecule has 1 N–H and O–H groups in total. The number of carboxylic acid groups (broad SMARTS) is 1. The largest absolute Gasteiger partial charge is 0.481 e. The minimum Gasteiger partial charge on any atom is -0.481 e. The maximum absolute atomic E-state index is 12.6. The third kappa shape index (κ3) is 3.73. The van der Waals surface area contributed by atoms with E-state index in [1.807, 2.05) is 6.07 Å². The first kappa shape index (κ1) is 13.9. The van der Waals surface area contributed by atoms with E-state index in [0.29, 0.717) is 6.54 Å². The van der Waals surface area contributed by atoms with Crippen molar-refractivity contribution in [1.29, 1.82) is 0 Å². The molecule has 0 spiro atoms. The predicted octanol–water partition coefficient (Wildman–Crippen LogP) is 3.06. The second-order valence-corrected chi connectivity index (χ2v) is 4.91. The minimum atomic E-state index is -2.46. The fourth-order valence-electron chi connectivity index (χ4n) is 2.60. The van der Waals surface area contributed by atoms with Crippen molar-refractivity contribution in [3.8, 4) is 0 Å². The Hall–Kier alpha value is -1.49. The second kappa shape index (κ2) is 6.10. The molecule has 1 aromatic rings. The van der Waals surface area contributed by atoms with Crippen LogP contribution in [-0.4, -0.2) is 28.6 Å². The lowest BCUT2D eigenvalue weighted by atomic mass is 10.1. The molecule has 1 aliphatic rings. The van der Waals surface area contributed by atoms with Crippen LogP contribution in [0.4, 0.5) is 8.78 Å². The Labute approximate surface area is 110 Å². The molecule has 1 atom stereocenters. The Morgan fingerprint density at radius 2 is 2.26 bits per heavy atom. The molecule has 19 heavy (non-hydrogen) atoms. The van der Waals surface area contributed by atoms with Gasteiger partial charge in [0.25, 0.3) is 6.43 Å². The van der Waals surface area contributed by atoms with E-state index in [4.69, 9.17) is 5.11 Å². The Balaban J connectivity index is 2.03. The van der Waals surface area contributed by atoms with E-state index in [1.54, 1.807) is 6.07 Å². The Bertz CT molecular complexity index is 451. The van der Waals surface area contributed by atoms with E-state index in [-0.39, 0.29) is 18.0 Å². The van der Waals surface area contributed by atoms with Gasteiger partial charge in [0, 0.05) is 18.2 Å². The molecule has 1 aromatic carbocycles. The van der Waals surface area contributed by atoms with Gasteiger partial charge in [-0.1, -0.05) is 18.2 Å². The molecule has 3 nitrogen and oxygen atoms in total. The number of nitrogens with zero attached hydrogens (tertiary/aromatic N) is 1. The van der Waals surface area contributed by atoms with Gasteiger partial charge < -0.3 is 5.11 Å². The highest BCUT2D eigenvalue weighted by molar-refractivity contribution is 5.67. The number of halogens is 2. The maximum atomic E-state index is 12.6. The molecule has 0 amide bonds. The van der Waals surface area contributed by atoms with Crippen molar-refractivity contribution < 1.29 is 18.7 Å². The summed E-state index contributed by atoms with van der Waals surface area (Å²) in [5.41, 5.74) is 0.835. The SMILES string of the molecule is O=C(O)CC1CCCN1Cc1cccc(C(F)F)c1. The van der Waals surface area contributed by atoms with Crippen molar-refractivity contribution in [2.75, 3.05) is 6.54 Å². The number of hydrogen-bond donors (Lipinski definition) is 1. The first-order chi connectivity index (χ1) is 9.06. The molecule has 1 unspecified atom stereocenters. The molecule has 104 valence electrons. The third-order valence-electron chi connectivity index (χ3n) is 3.50. The van der Waals surface area contributed by atoms with Gasteiger partial charge in [-0.2, -0.15) is 0 Å². The number of likely N-dealkylation sites (tertiary alicyclic amines) is 1. The zero-order chi connectivity index (χ0) is 13.8. The van der Waals surface area contributed by atoms with E-state index >= 15 is 0 Å². The van der Waals surface area contributed by atoms with Gasteiger partial charge in [-0.05, 0) is 31.0 Å². The van der Waals surface area contributed by atoms with Gasteiger partial charge in [-0.25, -0.2) is 8.78 Å². The van der Waals surface area contributed by atoms with E-state index in [9.17, 15) is 13.6 Å². The summed E-state index contributed by atoms with van der Waals surface area (Å²) in [6, 6.07) is 6.36. The summed E-state index contributed by atoms with van der Waals surface area (Å²) in [5, 5.41) is 8.85. The summed E-state index contributed by atoms with van der Waals surface area (Å²) < 4.78 is 25.2. The normalized spacial score (nSPS) is 20.1. The van der Waals surface area contributed by atoms with Crippen LogP contribution in [0.1, 0.15) is 36.8 Å². The highest BCUT2D eigenvalue weighted by Gasteiger charge is 2.26. The van der Waals surface area contributed by atoms with Gasteiger partial charge in [-0.15, -0.1) is 0 Å². The Morgan fingerprint density at radius 1 is 1.47 bits per heavy atom. The summed E-state index contributed by atoms with van der Waals surface area (Å²) in [6.07, 6.45) is -0.518. The lowest BCUT2D eigenvalue weighted by Crippen LogP contribution is -2.30. The maximum Gasteiger partial charge on any atom is 0.304 e. The van der Waals surface area contributed by atoms with Crippen LogP contribution < -0.4 is 0 Å². The zero-order valence-corrected chi connectivity index (χ0v) is 10.6. The van der Waals surface area contributed by atoms with E-state index in [1.165, 1.54) is 12.1 Å². The first-order valence-corrected chi connectivity index (χ1v) is 6.39. The minimum absolute atomic E-state index is 0.0199. The summed E-state index contributed by atoms with van der Waals surface area (Å²) >= 11 is 0. The number of alkyl halides is 2. The highest BCUT2D eigenvalue weighted by atomic mass is 19.3. The smallest absolute Gasteiger partial charge is 0.304 e. The average molecular weight is 269 g/mol. The summed E-state index contributed by atoms with van der Waals surface area (Å²) in [6.45, 7) is 1.37. The van der Waals surface area contributed by atoms with Crippen LogP contribution in [0, 0.1) is 0 Å². The Kier molecular flexibility index (Phi) is 4.47. The van der Waals surface area contributed by atoms with Crippen LogP contribution in [0.3, 0.4) is 0 Å². The van der Waals surface area contributed by atoms with E-state index < -0.39 is 12.4 Å². The van der Waals surface area contributed by atoms with Crippen molar-refractivity contribution in [2.24, 2.45) is 0 Å². The molecule has 0 aliphatic carbocycles. The van der Waals surface area contributed by atoms with Gasteiger partial charge in [0.2, 0.25) is 0 Å². The van der Waals surface area contributed by atoms with E-state index in [2.05, 4.69) is 4.90 Å². The number of aliphatic carboxylic acids is 1. The molecule has 0 bridgehead atoms. The zero-order valence-electron chi connectivity index (χ0n) is 10.6. The summed E-state index contributed by atoms with van der Waals surface area (Å²) in [4.78, 5) is 12.8. The van der Waals surface area contributed by atoms with Crippen molar-refractivity contribution in [3.63, 3.8) is 0 Å². The first-order valence-electron chi connectivity index (χ1n) is 6.39. The molecule has 0 radical (unpaired) electrons. The Morgan fingerprint density at radius 3 is 2.95 bits per heavy atom. The van der Waals surface area contributed by atoms with Crippen LogP contribution in [0.15, 0.2) is 24.3 Å². The van der Waals surface area contributed by atoms with Gasteiger partial charge in [-0.3, -0.25) is 9.69 Å². The monoisotopic (exact) mass is 269 g/mol. The third-order valence-corrected chi connectivity index (χ3v) is 3.50. The topological polar surface area (TPSA) is 40.5 Å². The van der Waals surface area contributed by atoms with E-state index in [0.717, 1.165) is 24.9 Å². The van der Waals surface area contributed by atoms with Crippen molar-refractivity contribution >= 4 is 5.97 Å². The molecule has 1 heterocycles. The van der Waals surface area contributed by atoms with Gasteiger partial charge in [0.1, 0.15) is 0 Å². The summed E-state index contributed by atoms with van der Waals surface area (Å²) in [7, 11) is 0. The standard InChI is InChI=1S/C14H17F2NO2/c15-14(16)11-4-1-3-10(7-11)9-17-6-2-5-12(17)8-13(18)19/h1,3-4,7,12,14H,2,5-6,8-9H2,(H,18,19). The number of carboxylic acids is 1. The average Bonchev–Trinajstić information content (AvgIpc) is 2.76. The number of carbonyl (C=O) groups is 1. The van der Waals surface area contributed by atoms with Gasteiger partial charge in [0.05, 0.1) is 6.42 Å². The lowest BCUT2D eigenvalue weighted by Gasteiger charge is -2.23. The predicted molar refractivity (Wildman–Crippen MR) is 67.1 cm³/mol. The second-order valence-electron chi connectivity index (χ2n) is 4.91. The molecule has 0 saturated carbocycles. The fourth-order valence-corrected chi connectivity index (χ4v) is 2.60. The number of benzene rings is 1. The molecule has 1 aliphatic heterocycles. The number of hydrogen-bond acceptors (Lipinski definition) is 2. The molecule has 0 aromatic heterocycles. The molecule has 1 saturated heterocycles. The number of rotatable bonds is 5. The van der Waals surface area contributed by atoms with Gasteiger partial charge >= 0.3 is 5.97 Å².